The molecule has 0 aliphatic carbocycles. The van der Waals surface area contributed by atoms with Gasteiger partial charge in [-0.2, -0.15) is 0 Å². The number of carbonyl (C=O) groups excluding carboxylic acids is 1. The Balaban J connectivity index is 2.37. The van der Waals surface area contributed by atoms with Crippen LogP contribution in [0.5, 0.6) is 5.75 Å². The summed E-state index contributed by atoms with van der Waals surface area (Å²) in [5.41, 5.74) is 0.967. The molecule has 6 heteroatoms. The lowest BCUT2D eigenvalue weighted by atomic mass is 10.1. The van der Waals surface area contributed by atoms with Crippen molar-refractivity contribution >= 4 is 17.7 Å². The number of hydrogen-bond acceptors (Lipinski definition) is 5. The minimum atomic E-state index is -0.497. The average molecular weight is 235 g/mol. The lowest BCUT2D eigenvalue weighted by molar-refractivity contribution is -0.384. The van der Waals surface area contributed by atoms with Crippen LogP contribution in [0.3, 0.4) is 0 Å². The first kappa shape index (κ1) is 11.1. The number of non-ortho nitro benzene ring substituents is 1. The highest BCUT2D eigenvalue weighted by Gasteiger charge is 2.19. The Hall–Kier alpha value is -2.37. The van der Waals surface area contributed by atoms with Gasteiger partial charge in [-0.05, 0) is 12.1 Å². The van der Waals surface area contributed by atoms with Crippen LogP contribution in [0.25, 0.3) is 6.08 Å². The Labute approximate surface area is 96.6 Å². The maximum Gasteiger partial charge on any atom is 0.337 e. The van der Waals surface area contributed by atoms with E-state index in [1.165, 1.54) is 25.3 Å². The fourth-order valence-electron chi connectivity index (χ4n) is 1.51. The van der Waals surface area contributed by atoms with Gasteiger partial charge in [-0.25, -0.2) is 4.79 Å². The van der Waals surface area contributed by atoms with E-state index >= 15 is 0 Å². The molecule has 0 aromatic heterocycles. The molecule has 0 bridgehead atoms. The third-order valence-electron chi connectivity index (χ3n) is 2.37. The number of benzene rings is 1. The molecule has 0 spiro atoms. The lowest BCUT2D eigenvalue weighted by Gasteiger charge is -2.16. The molecular formula is C11H9NO5. The molecular weight excluding hydrogens is 226 g/mol. The average Bonchev–Trinajstić information content (AvgIpc) is 2.36. The fourth-order valence-corrected chi connectivity index (χ4v) is 1.51. The Bertz CT molecular complexity index is 521. The van der Waals surface area contributed by atoms with E-state index in [2.05, 4.69) is 4.74 Å². The molecule has 0 atom stereocenters. The molecule has 1 aliphatic heterocycles. The van der Waals surface area contributed by atoms with E-state index in [0.717, 1.165) is 0 Å². The smallest absolute Gasteiger partial charge is 0.337 e. The van der Waals surface area contributed by atoms with Crippen molar-refractivity contribution in [2.24, 2.45) is 0 Å². The Morgan fingerprint density at radius 1 is 1.53 bits per heavy atom. The molecule has 88 valence electrons. The van der Waals surface area contributed by atoms with Crippen LogP contribution in [-0.4, -0.2) is 24.6 Å². The Morgan fingerprint density at radius 2 is 2.29 bits per heavy atom. The molecule has 0 N–H and O–H groups in total. The second kappa shape index (κ2) is 4.25. The van der Waals surface area contributed by atoms with E-state index in [4.69, 9.17) is 4.74 Å². The topological polar surface area (TPSA) is 78.7 Å². The van der Waals surface area contributed by atoms with E-state index in [1.54, 1.807) is 6.08 Å². The minimum Gasteiger partial charge on any atom is -0.488 e. The van der Waals surface area contributed by atoms with Gasteiger partial charge in [-0.1, -0.05) is 0 Å². The third kappa shape index (κ3) is 2.10. The van der Waals surface area contributed by atoms with Crippen LogP contribution in [0.1, 0.15) is 5.56 Å². The van der Waals surface area contributed by atoms with E-state index in [0.29, 0.717) is 16.9 Å². The van der Waals surface area contributed by atoms with Crippen molar-refractivity contribution in [1.82, 2.24) is 0 Å². The lowest BCUT2D eigenvalue weighted by Crippen LogP contribution is -2.16. The molecule has 1 aliphatic rings. The molecule has 1 heterocycles. The number of ether oxygens (including phenoxy) is 2. The molecule has 0 radical (unpaired) electrons. The number of esters is 1. The van der Waals surface area contributed by atoms with Crippen molar-refractivity contribution in [2.75, 3.05) is 13.7 Å². The van der Waals surface area contributed by atoms with Gasteiger partial charge < -0.3 is 9.47 Å². The van der Waals surface area contributed by atoms with Crippen molar-refractivity contribution in [3.63, 3.8) is 0 Å². The summed E-state index contributed by atoms with van der Waals surface area (Å²) in [6.07, 6.45) is 1.61. The predicted molar refractivity (Wildman–Crippen MR) is 58.6 cm³/mol. The molecule has 0 saturated heterocycles. The first-order valence-electron chi connectivity index (χ1n) is 4.82. The molecule has 0 saturated carbocycles. The number of hydrogen-bond donors (Lipinski definition) is 0. The first-order chi connectivity index (χ1) is 8.11. The summed E-state index contributed by atoms with van der Waals surface area (Å²) < 4.78 is 9.85. The normalized spacial score (nSPS) is 13.1. The van der Waals surface area contributed by atoms with Crippen molar-refractivity contribution in [3.05, 3.63) is 39.4 Å². The van der Waals surface area contributed by atoms with Gasteiger partial charge in [0.15, 0.2) is 0 Å². The first-order valence-corrected chi connectivity index (χ1v) is 4.82. The molecule has 0 unspecified atom stereocenters. The highest BCUT2D eigenvalue weighted by Crippen LogP contribution is 2.30. The van der Waals surface area contributed by atoms with Crippen molar-refractivity contribution in [3.8, 4) is 5.75 Å². The van der Waals surface area contributed by atoms with Crippen LogP contribution < -0.4 is 4.74 Å². The molecule has 1 aromatic rings. The minimum absolute atomic E-state index is 0.0429. The highest BCUT2D eigenvalue weighted by atomic mass is 16.6. The monoisotopic (exact) mass is 235 g/mol. The van der Waals surface area contributed by atoms with E-state index in [1.807, 2.05) is 0 Å². The summed E-state index contributed by atoms with van der Waals surface area (Å²) in [7, 11) is 1.29. The van der Waals surface area contributed by atoms with Gasteiger partial charge in [0.1, 0.15) is 12.4 Å². The van der Waals surface area contributed by atoms with Gasteiger partial charge in [-0.15, -0.1) is 0 Å². The quantitative estimate of drug-likeness (QED) is 0.441. The van der Waals surface area contributed by atoms with E-state index in [9.17, 15) is 14.9 Å². The predicted octanol–water partition coefficient (Wildman–Crippen LogP) is 1.54. The molecule has 2 rings (SSSR count). The van der Waals surface area contributed by atoms with Gasteiger partial charge in [-0.3, -0.25) is 10.1 Å². The second-order valence-electron chi connectivity index (χ2n) is 3.43. The van der Waals surface area contributed by atoms with Gasteiger partial charge in [0.25, 0.3) is 5.69 Å². The standard InChI is InChI=1S/C11H9NO5/c1-16-11(13)8-4-7-2-3-9(12(14)15)5-10(7)17-6-8/h2-5H,6H2,1H3. The van der Waals surface area contributed by atoms with Crippen LogP contribution in [0.2, 0.25) is 0 Å². The Morgan fingerprint density at radius 3 is 2.94 bits per heavy atom. The number of fused-ring (bicyclic) bond motifs is 1. The molecule has 0 amide bonds. The van der Waals surface area contributed by atoms with Gasteiger partial charge in [0, 0.05) is 11.6 Å². The molecule has 6 nitrogen and oxygen atoms in total. The fraction of sp³-hybridized carbons (Fsp3) is 0.182. The highest BCUT2D eigenvalue weighted by molar-refractivity contribution is 5.95. The van der Waals surface area contributed by atoms with Gasteiger partial charge >= 0.3 is 5.97 Å². The van der Waals surface area contributed by atoms with E-state index < -0.39 is 10.9 Å². The van der Waals surface area contributed by atoms with Crippen molar-refractivity contribution in [2.45, 2.75) is 0 Å². The second-order valence-corrected chi connectivity index (χ2v) is 3.43. The van der Waals surface area contributed by atoms with Crippen LogP contribution in [-0.2, 0) is 9.53 Å². The maximum atomic E-state index is 11.3. The Kier molecular flexibility index (Phi) is 2.78. The number of nitrogens with zero attached hydrogens (tertiary/aromatic N) is 1. The number of rotatable bonds is 2. The van der Waals surface area contributed by atoms with Crippen LogP contribution in [0.15, 0.2) is 23.8 Å². The number of carbonyl (C=O) groups is 1. The molecule has 17 heavy (non-hydrogen) atoms. The summed E-state index contributed by atoms with van der Waals surface area (Å²) in [6, 6.07) is 4.23. The molecule has 0 fully saturated rings. The summed E-state index contributed by atoms with van der Waals surface area (Å²) in [6.45, 7) is 0.0564. The summed E-state index contributed by atoms with van der Waals surface area (Å²) in [5, 5.41) is 10.6. The van der Waals surface area contributed by atoms with Crippen LogP contribution in [0, 0.1) is 10.1 Å². The largest absolute Gasteiger partial charge is 0.488 e. The van der Waals surface area contributed by atoms with Crippen LogP contribution in [0.4, 0.5) is 5.69 Å². The number of methoxy groups -OCH3 is 1. The zero-order valence-electron chi connectivity index (χ0n) is 9.00. The summed E-state index contributed by atoms with van der Waals surface area (Å²) in [5.74, 6) is -0.0687. The SMILES string of the molecule is COC(=O)C1=Cc2ccc([N+](=O)[O-])cc2OC1. The van der Waals surface area contributed by atoms with Gasteiger partial charge in [0.05, 0.1) is 23.7 Å². The summed E-state index contributed by atoms with van der Waals surface area (Å²) in [4.78, 5) is 21.3. The van der Waals surface area contributed by atoms with E-state index in [-0.39, 0.29) is 12.3 Å². The zero-order chi connectivity index (χ0) is 12.4. The van der Waals surface area contributed by atoms with Crippen LogP contribution >= 0.6 is 0 Å². The number of nitro benzene ring substituents is 1. The van der Waals surface area contributed by atoms with Crippen molar-refractivity contribution < 1.29 is 19.2 Å². The third-order valence-corrected chi connectivity index (χ3v) is 2.37. The maximum absolute atomic E-state index is 11.3. The van der Waals surface area contributed by atoms with Gasteiger partial charge in [0.2, 0.25) is 0 Å². The van der Waals surface area contributed by atoms with Crippen molar-refractivity contribution in [1.29, 1.82) is 0 Å². The number of nitro groups is 1. The zero-order valence-corrected chi connectivity index (χ0v) is 9.00. The molecule has 1 aromatic carbocycles. The summed E-state index contributed by atoms with van der Waals surface area (Å²) >= 11 is 0.